The third-order valence-electron chi connectivity index (χ3n) is 3.36. The maximum Gasteiger partial charge on any atom is 0.279 e. The Kier molecular flexibility index (Phi) is 6.44. The second kappa shape index (κ2) is 8.56. The lowest BCUT2D eigenvalue weighted by atomic mass is 10.2. The molecule has 0 bridgehead atoms. The number of halogens is 1. The van der Waals surface area contributed by atoms with E-state index in [4.69, 9.17) is 16.3 Å². The molecule has 0 aliphatic carbocycles. The van der Waals surface area contributed by atoms with E-state index in [1.54, 1.807) is 0 Å². The molecule has 1 unspecified atom stereocenters. The first-order valence-electron chi connectivity index (χ1n) is 7.66. The Bertz CT molecular complexity index is 644. The third-order valence-corrected chi connectivity index (χ3v) is 3.73. The van der Waals surface area contributed by atoms with E-state index in [9.17, 15) is 4.79 Å². The molecule has 1 atom stereocenters. The van der Waals surface area contributed by atoms with E-state index in [2.05, 4.69) is 5.32 Å². The maximum absolute atomic E-state index is 12.1. The molecule has 0 saturated heterocycles. The number of rotatable bonds is 7. The fourth-order valence-corrected chi connectivity index (χ4v) is 2.51. The molecule has 0 aliphatic rings. The number of ether oxygens (including phenoxy) is 1. The topological polar surface area (TPSA) is 42.8 Å². The largest absolute Gasteiger partial charge is 0.494 e. The van der Waals surface area contributed by atoms with Crippen molar-refractivity contribution in [1.82, 2.24) is 0 Å². The van der Waals surface area contributed by atoms with Gasteiger partial charge in [0.2, 0.25) is 0 Å². The van der Waals surface area contributed by atoms with Gasteiger partial charge in [-0.25, -0.2) is 0 Å². The van der Waals surface area contributed by atoms with Crippen molar-refractivity contribution >= 4 is 23.2 Å². The summed E-state index contributed by atoms with van der Waals surface area (Å²) in [5, 5.41) is 3.63. The van der Waals surface area contributed by atoms with E-state index in [1.807, 2.05) is 62.5 Å². The summed E-state index contributed by atoms with van der Waals surface area (Å²) >= 11 is 6.15. The molecule has 2 aromatic rings. The van der Waals surface area contributed by atoms with Crippen LogP contribution < -0.4 is 15.0 Å². The Labute approximate surface area is 142 Å². The van der Waals surface area contributed by atoms with Crippen molar-refractivity contribution in [3.8, 4) is 5.75 Å². The van der Waals surface area contributed by atoms with Gasteiger partial charge in [0.15, 0.2) is 6.54 Å². The van der Waals surface area contributed by atoms with Crippen LogP contribution in [0.1, 0.15) is 12.5 Å². The number of likely N-dealkylation sites (N-methyl/N-ethyl adjacent to an activating group) is 1. The van der Waals surface area contributed by atoms with Gasteiger partial charge in [-0.1, -0.05) is 29.8 Å². The van der Waals surface area contributed by atoms with Crippen molar-refractivity contribution in [2.75, 3.05) is 25.5 Å². The van der Waals surface area contributed by atoms with E-state index in [0.29, 0.717) is 19.7 Å². The number of hydrogen-bond acceptors (Lipinski definition) is 2. The van der Waals surface area contributed by atoms with Crippen molar-refractivity contribution in [3.05, 3.63) is 59.1 Å². The first kappa shape index (κ1) is 17.3. The standard InChI is InChI=1S/C18H21ClN2O2/c1-3-23-16-10-8-15(9-11-16)20-18(22)13-21(2)12-14-6-4-5-7-17(14)19/h4-11H,3,12-13H2,1-2H3,(H,20,22)/p+1. The monoisotopic (exact) mass is 333 g/mol. The highest BCUT2D eigenvalue weighted by molar-refractivity contribution is 6.31. The van der Waals surface area contributed by atoms with Gasteiger partial charge in [-0.15, -0.1) is 0 Å². The molecule has 0 saturated carbocycles. The molecule has 122 valence electrons. The molecule has 2 aromatic carbocycles. The highest BCUT2D eigenvalue weighted by Crippen LogP contribution is 2.15. The number of quaternary nitrogens is 1. The molecule has 2 N–H and O–H groups in total. The Morgan fingerprint density at radius 1 is 1.17 bits per heavy atom. The second-order valence-corrected chi connectivity index (χ2v) is 5.81. The molecule has 0 fully saturated rings. The first-order chi connectivity index (χ1) is 11.1. The summed E-state index contributed by atoms with van der Waals surface area (Å²) in [6.45, 7) is 3.64. The lowest BCUT2D eigenvalue weighted by Gasteiger charge is -2.15. The van der Waals surface area contributed by atoms with Crippen LogP contribution in [0.15, 0.2) is 48.5 Å². The van der Waals surface area contributed by atoms with Crippen LogP contribution in [-0.2, 0) is 11.3 Å². The summed E-state index contributed by atoms with van der Waals surface area (Å²) in [6, 6.07) is 15.1. The van der Waals surface area contributed by atoms with Gasteiger partial charge in [0, 0.05) is 16.3 Å². The van der Waals surface area contributed by atoms with E-state index in [-0.39, 0.29) is 5.91 Å². The minimum atomic E-state index is -0.0290. The van der Waals surface area contributed by atoms with Gasteiger partial charge in [0.05, 0.1) is 13.7 Å². The molecular formula is C18H22ClN2O2+. The number of carbonyl (C=O) groups excluding carboxylic acids is 1. The molecule has 4 nitrogen and oxygen atoms in total. The molecule has 23 heavy (non-hydrogen) atoms. The van der Waals surface area contributed by atoms with Gasteiger partial charge >= 0.3 is 0 Å². The van der Waals surface area contributed by atoms with Crippen molar-refractivity contribution in [2.24, 2.45) is 0 Å². The summed E-state index contributed by atoms with van der Waals surface area (Å²) < 4.78 is 5.38. The fourth-order valence-electron chi connectivity index (χ4n) is 2.31. The average molecular weight is 334 g/mol. The molecule has 0 aliphatic heterocycles. The number of benzene rings is 2. The van der Waals surface area contributed by atoms with Crippen LogP contribution in [0.4, 0.5) is 5.69 Å². The Hall–Kier alpha value is -2.04. The van der Waals surface area contributed by atoms with E-state index in [1.165, 1.54) is 0 Å². The zero-order chi connectivity index (χ0) is 16.7. The maximum atomic E-state index is 12.1. The predicted molar refractivity (Wildman–Crippen MR) is 93.2 cm³/mol. The average Bonchev–Trinajstić information content (AvgIpc) is 2.51. The summed E-state index contributed by atoms with van der Waals surface area (Å²) in [4.78, 5) is 13.2. The molecule has 0 radical (unpaired) electrons. The van der Waals surface area contributed by atoms with Crippen LogP contribution >= 0.6 is 11.6 Å². The molecule has 0 aromatic heterocycles. The molecule has 0 spiro atoms. The van der Waals surface area contributed by atoms with Crippen LogP contribution in [-0.4, -0.2) is 26.1 Å². The highest BCUT2D eigenvalue weighted by Gasteiger charge is 2.12. The normalized spacial score (nSPS) is 11.8. The smallest absolute Gasteiger partial charge is 0.279 e. The molecule has 2 rings (SSSR count). The Balaban J connectivity index is 1.85. The van der Waals surface area contributed by atoms with Crippen LogP contribution in [0.5, 0.6) is 5.75 Å². The summed E-state index contributed by atoms with van der Waals surface area (Å²) in [7, 11) is 1.97. The van der Waals surface area contributed by atoms with Gasteiger partial charge < -0.3 is 15.0 Å². The number of anilines is 1. The third kappa shape index (κ3) is 5.58. The predicted octanol–water partition coefficient (Wildman–Crippen LogP) is 2.39. The lowest BCUT2D eigenvalue weighted by Crippen LogP contribution is -3.08. The highest BCUT2D eigenvalue weighted by atomic mass is 35.5. The Morgan fingerprint density at radius 3 is 2.52 bits per heavy atom. The van der Waals surface area contributed by atoms with Gasteiger partial charge in [0.25, 0.3) is 5.91 Å². The fraction of sp³-hybridized carbons (Fsp3) is 0.278. The van der Waals surface area contributed by atoms with Gasteiger partial charge in [-0.2, -0.15) is 0 Å². The minimum Gasteiger partial charge on any atom is -0.494 e. The zero-order valence-electron chi connectivity index (χ0n) is 13.4. The van der Waals surface area contributed by atoms with E-state index >= 15 is 0 Å². The van der Waals surface area contributed by atoms with Crippen LogP contribution in [0, 0.1) is 0 Å². The Morgan fingerprint density at radius 2 is 1.87 bits per heavy atom. The molecular weight excluding hydrogens is 312 g/mol. The number of hydrogen-bond donors (Lipinski definition) is 2. The van der Waals surface area contributed by atoms with Gasteiger partial charge in [-0.05, 0) is 37.3 Å². The van der Waals surface area contributed by atoms with Crippen molar-refractivity contribution < 1.29 is 14.4 Å². The van der Waals surface area contributed by atoms with Gasteiger partial charge in [-0.3, -0.25) is 4.79 Å². The van der Waals surface area contributed by atoms with Crippen LogP contribution in [0.3, 0.4) is 0 Å². The summed E-state index contributed by atoms with van der Waals surface area (Å²) in [5.41, 5.74) is 1.81. The van der Waals surface area contributed by atoms with E-state index in [0.717, 1.165) is 26.9 Å². The number of nitrogens with one attached hydrogen (secondary N) is 2. The number of amides is 1. The summed E-state index contributed by atoms with van der Waals surface area (Å²) in [6.07, 6.45) is 0. The van der Waals surface area contributed by atoms with Gasteiger partial charge in [0.1, 0.15) is 12.3 Å². The summed E-state index contributed by atoms with van der Waals surface area (Å²) in [5.74, 6) is 0.769. The minimum absolute atomic E-state index is 0.0290. The van der Waals surface area contributed by atoms with Crippen molar-refractivity contribution in [1.29, 1.82) is 0 Å². The molecule has 0 heterocycles. The first-order valence-corrected chi connectivity index (χ1v) is 8.03. The SMILES string of the molecule is CCOc1ccc(NC(=O)C[NH+](C)Cc2ccccc2Cl)cc1. The lowest BCUT2D eigenvalue weighted by molar-refractivity contribution is -0.885. The van der Waals surface area contributed by atoms with Crippen molar-refractivity contribution in [3.63, 3.8) is 0 Å². The molecule has 1 amide bonds. The van der Waals surface area contributed by atoms with Crippen molar-refractivity contribution in [2.45, 2.75) is 13.5 Å². The quantitative estimate of drug-likeness (QED) is 0.817. The van der Waals surface area contributed by atoms with Crippen LogP contribution in [0.25, 0.3) is 0 Å². The van der Waals surface area contributed by atoms with E-state index < -0.39 is 0 Å². The van der Waals surface area contributed by atoms with Crippen LogP contribution in [0.2, 0.25) is 5.02 Å². The number of carbonyl (C=O) groups is 1. The molecule has 5 heteroatoms. The zero-order valence-corrected chi connectivity index (χ0v) is 14.2. The second-order valence-electron chi connectivity index (χ2n) is 5.41.